The summed E-state index contributed by atoms with van der Waals surface area (Å²) in [4.78, 5) is 13.9. The Morgan fingerprint density at radius 1 is 1.77 bits per heavy atom. The van der Waals surface area contributed by atoms with Gasteiger partial charge in [0, 0.05) is 29.7 Å². The number of hydrogen-bond acceptors (Lipinski definition) is 3. The van der Waals surface area contributed by atoms with E-state index in [4.69, 9.17) is 5.53 Å². The van der Waals surface area contributed by atoms with Gasteiger partial charge >= 0.3 is 0 Å². The Balaban J connectivity index is 2.13. The lowest BCUT2D eigenvalue weighted by Gasteiger charge is -2.07. The van der Waals surface area contributed by atoms with Crippen LogP contribution in [0.4, 0.5) is 0 Å². The van der Waals surface area contributed by atoms with Gasteiger partial charge in [0.1, 0.15) is 0 Å². The minimum Gasteiger partial charge on any atom is -0.356 e. The van der Waals surface area contributed by atoms with Gasteiger partial charge in [0.2, 0.25) is 5.91 Å². The number of thioether (sulfide) groups is 1. The second-order valence-electron chi connectivity index (χ2n) is 2.81. The molecular formula is C7H12N4OS. The molecule has 1 saturated heterocycles. The van der Waals surface area contributed by atoms with E-state index in [1.807, 2.05) is 11.8 Å². The molecule has 6 heteroatoms. The average molecular weight is 200 g/mol. The molecule has 1 rings (SSSR count). The minimum absolute atomic E-state index is 0.0955. The Hall–Kier alpha value is -0.870. The number of azide groups is 1. The van der Waals surface area contributed by atoms with Gasteiger partial charge in [-0.2, -0.15) is 11.8 Å². The molecule has 1 unspecified atom stereocenters. The van der Waals surface area contributed by atoms with Crippen molar-refractivity contribution >= 4 is 17.7 Å². The summed E-state index contributed by atoms with van der Waals surface area (Å²) in [5.41, 5.74) is 7.99. The molecule has 0 spiro atoms. The Morgan fingerprint density at radius 2 is 2.62 bits per heavy atom. The lowest BCUT2D eigenvalue weighted by molar-refractivity contribution is -0.124. The molecule has 1 N–H and O–H groups in total. The highest BCUT2D eigenvalue weighted by Crippen LogP contribution is 2.23. The summed E-state index contributed by atoms with van der Waals surface area (Å²) in [6, 6.07) is 0. The number of rotatable bonds is 4. The number of hydrogen-bond donors (Lipinski definition) is 1. The van der Waals surface area contributed by atoms with E-state index in [-0.39, 0.29) is 11.8 Å². The zero-order valence-electron chi connectivity index (χ0n) is 7.27. The normalized spacial score (nSPS) is 20.8. The minimum atomic E-state index is 0.0955. The largest absolute Gasteiger partial charge is 0.356 e. The average Bonchev–Trinajstić information content (AvgIpc) is 2.65. The van der Waals surface area contributed by atoms with Gasteiger partial charge in [-0.15, -0.1) is 0 Å². The van der Waals surface area contributed by atoms with Crippen molar-refractivity contribution in [2.45, 2.75) is 6.42 Å². The number of amides is 1. The summed E-state index contributed by atoms with van der Waals surface area (Å²) in [5, 5.41) is 6.07. The van der Waals surface area contributed by atoms with Gasteiger partial charge in [0.15, 0.2) is 0 Å². The van der Waals surface area contributed by atoms with Crippen LogP contribution in [0, 0.1) is 5.92 Å². The summed E-state index contributed by atoms with van der Waals surface area (Å²) >= 11 is 1.81. The molecule has 0 bridgehead atoms. The highest BCUT2D eigenvalue weighted by molar-refractivity contribution is 7.99. The van der Waals surface area contributed by atoms with E-state index >= 15 is 0 Å². The molecule has 0 aromatic rings. The van der Waals surface area contributed by atoms with E-state index in [1.165, 1.54) is 0 Å². The van der Waals surface area contributed by atoms with Crippen molar-refractivity contribution in [1.29, 1.82) is 0 Å². The third-order valence-corrected chi connectivity index (χ3v) is 3.04. The maximum atomic E-state index is 11.3. The fraction of sp³-hybridized carbons (Fsp3) is 0.857. The predicted octanol–water partition coefficient (Wildman–Crippen LogP) is 1.17. The van der Waals surface area contributed by atoms with Gasteiger partial charge in [-0.1, -0.05) is 5.11 Å². The molecule has 1 aliphatic rings. The van der Waals surface area contributed by atoms with Gasteiger partial charge < -0.3 is 5.32 Å². The van der Waals surface area contributed by atoms with Crippen molar-refractivity contribution < 1.29 is 4.79 Å². The molecule has 0 aliphatic carbocycles. The summed E-state index contributed by atoms with van der Waals surface area (Å²) < 4.78 is 0. The van der Waals surface area contributed by atoms with Gasteiger partial charge in [0.25, 0.3) is 0 Å². The SMILES string of the molecule is [N-]=[N+]=NCCNC(=O)C1CCSC1. The molecular weight excluding hydrogens is 188 g/mol. The zero-order valence-corrected chi connectivity index (χ0v) is 8.09. The van der Waals surface area contributed by atoms with E-state index in [2.05, 4.69) is 15.3 Å². The van der Waals surface area contributed by atoms with Crippen molar-refractivity contribution in [3.63, 3.8) is 0 Å². The zero-order chi connectivity index (χ0) is 9.52. The second-order valence-corrected chi connectivity index (χ2v) is 3.96. The number of carbonyl (C=O) groups is 1. The molecule has 0 radical (unpaired) electrons. The summed E-state index contributed by atoms with van der Waals surface area (Å²) in [6.45, 7) is 0.784. The summed E-state index contributed by atoms with van der Waals surface area (Å²) in [7, 11) is 0. The lowest BCUT2D eigenvalue weighted by Crippen LogP contribution is -2.32. The third-order valence-electron chi connectivity index (χ3n) is 1.87. The molecule has 1 fully saturated rings. The van der Waals surface area contributed by atoms with Crippen LogP contribution in [0.1, 0.15) is 6.42 Å². The summed E-state index contributed by atoms with van der Waals surface area (Å²) in [5.74, 6) is 2.26. The molecule has 13 heavy (non-hydrogen) atoms. The van der Waals surface area contributed by atoms with Crippen molar-refractivity contribution in [2.75, 3.05) is 24.6 Å². The third kappa shape index (κ3) is 3.57. The van der Waals surface area contributed by atoms with Crippen molar-refractivity contribution in [3.8, 4) is 0 Å². The number of carbonyl (C=O) groups excluding carboxylic acids is 1. The quantitative estimate of drug-likeness (QED) is 0.320. The molecule has 1 amide bonds. The van der Waals surface area contributed by atoms with Crippen LogP contribution in [0.15, 0.2) is 5.11 Å². The predicted molar refractivity (Wildman–Crippen MR) is 52.5 cm³/mol. The number of nitrogens with zero attached hydrogens (tertiary/aromatic N) is 3. The number of nitrogens with one attached hydrogen (secondary N) is 1. The van der Waals surface area contributed by atoms with E-state index in [1.54, 1.807) is 0 Å². The van der Waals surface area contributed by atoms with Crippen LogP contribution in [0.2, 0.25) is 0 Å². The van der Waals surface area contributed by atoms with Crippen molar-refractivity contribution in [2.24, 2.45) is 11.0 Å². The molecule has 1 aliphatic heterocycles. The Kier molecular flexibility index (Phi) is 4.49. The van der Waals surface area contributed by atoms with Crippen LogP contribution in [-0.2, 0) is 4.79 Å². The smallest absolute Gasteiger partial charge is 0.223 e. The van der Waals surface area contributed by atoms with E-state index in [0.29, 0.717) is 13.1 Å². The van der Waals surface area contributed by atoms with Crippen LogP contribution in [0.5, 0.6) is 0 Å². The van der Waals surface area contributed by atoms with Gasteiger partial charge in [0.05, 0.1) is 0 Å². The van der Waals surface area contributed by atoms with Crippen molar-refractivity contribution in [1.82, 2.24) is 5.32 Å². The first-order chi connectivity index (χ1) is 6.34. The Bertz CT molecular complexity index is 221. The van der Waals surface area contributed by atoms with Crippen LogP contribution in [0.3, 0.4) is 0 Å². The van der Waals surface area contributed by atoms with Crippen LogP contribution >= 0.6 is 11.8 Å². The first-order valence-electron chi connectivity index (χ1n) is 4.21. The van der Waals surface area contributed by atoms with Crippen LogP contribution < -0.4 is 5.32 Å². The molecule has 0 aromatic carbocycles. The highest BCUT2D eigenvalue weighted by Gasteiger charge is 2.22. The molecule has 5 nitrogen and oxygen atoms in total. The van der Waals surface area contributed by atoms with Gasteiger partial charge in [-0.25, -0.2) is 0 Å². The van der Waals surface area contributed by atoms with Crippen LogP contribution in [-0.4, -0.2) is 30.5 Å². The maximum absolute atomic E-state index is 11.3. The highest BCUT2D eigenvalue weighted by atomic mass is 32.2. The molecule has 1 heterocycles. The first-order valence-corrected chi connectivity index (χ1v) is 5.36. The second kappa shape index (κ2) is 5.72. The molecule has 72 valence electrons. The van der Waals surface area contributed by atoms with Gasteiger partial charge in [-0.3, -0.25) is 4.79 Å². The van der Waals surface area contributed by atoms with Crippen molar-refractivity contribution in [3.05, 3.63) is 10.4 Å². The Labute approximate surface area is 80.9 Å². The van der Waals surface area contributed by atoms with Crippen LogP contribution in [0.25, 0.3) is 10.4 Å². The fourth-order valence-corrected chi connectivity index (χ4v) is 2.38. The monoisotopic (exact) mass is 200 g/mol. The van der Waals surface area contributed by atoms with E-state index < -0.39 is 0 Å². The first kappa shape index (κ1) is 10.2. The van der Waals surface area contributed by atoms with E-state index in [9.17, 15) is 4.79 Å². The Morgan fingerprint density at radius 3 is 3.23 bits per heavy atom. The maximum Gasteiger partial charge on any atom is 0.223 e. The summed E-state index contributed by atoms with van der Waals surface area (Å²) in [6.07, 6.45) is 0.970. The molecule has 1 atom stereocenters. The lowest BCUT2D eigenvalue weighted by atomic mass is 10.1. The standard InChI is InChI=1S/C7H12N4OS/c8-11-10-3-2-9-7(12)6-1-4-13-5-6/h6H,1-5H2,(H,9,12). The topological polar surface area (TPSA) is 77.9 Å². The molecule has 0 aromatic heterocycles. The van der Waals surface area contributed by atoms with Gasteiger partial charge in [-0.05, 0) is 17.7 Å². The molecule has 0 saturated carbocycles. The fourth-order valence-electron chi connectivity index (χ4n) is 1.16. The van der Waals surface area contributed by atoms with E-state index in [0.717, 1.165) is 17.9 Å².